The van der Waals surface area contributed by atoms with E-state index in [4.69, 9.17) is 4.74 Å². The summed E-state index contributed by atoms with van der Waals surface area (Å²) in [5, 5.41) is 0.694. The van der Waals surface area contributed by atoms with Crippen molar-refractivity contribution in [3.05, 3.63) is 27.1 Å². The summed E-state index contributed by atoms with van der Waals surface area (Å²) in [6, 6.07) is -0.659. The van der Waals surface area contributed by atoms with Gasteiger partial charge in [0.25, 0.3) is 5.56 Å². The molecule has 3 rings (SSSR count). The Kier molecular flexibility index (Phi) is 3.57. The van der Waals surface area contributed by atoms with E-state index in [1.54, 1.807) is 32.1 Å². The van der Waals surface area contributed by atoms with E-state index in [1.165, 1.54) is 15.8 Å². The first-order valence-electron chi connectivity index (χ1n) is 7.21. The molecule has 1 aliphatic rings. The molecule has 2 heterocycles. The highest BCUT2D eigenvalue weighted by Gasteiger charge is 2.24. The molecule has 112 valence electrons. The predicted octanol–water partition coefficient (Wildman–Crippen LogP) is 2.46. The molecule has 1 aliphatic carbocycles. The molecule has 21 heavy (non-hydrogen) atoms. The highest BCUT2D eigenvalue weighted by molar-refractivity contribution is 7.18. The number of hydrogen-bond acceptors (Lipinski definition) is 5. The second kappa shape index (κ2) is 5.26. The van der Waals surface area contributed by atoms with Gasteiger partial charge in [0.05, 0.1) is 17.8 Å². The molecule has 0 N–H and O–H groups in total. The van der Waals surface area contributed by atoms with Crippen LogP contribution in [0.3, 0.4) is 0 Å². The number of fused-ring (bicyclic) bond motifs is 3. The van der Waals surface area contributed by atoms with E-state index in [9.17, 15) is 9.59 Å². The Labute approximate surface area is 126 Å². The predicted molar refractivity (Wildman–Crippen MR) is 81.8 cm³/mol. The number of rotatable bonds is 3. The SMILES string of the molecule is CC(C)OC(=O)C(C)n1cnc2sc3c(c2c1=O)CCC3. The smallest absolute Gasteiger partial charge is 0.329 e. The highest BCUT2D eigenvalue weighted by Crippen LogP contribution is 2.34. The number of nitrogens with zero attached hydrogens (tertiary/aromatic N) is 2. The van der Waals surface area contributed by atoms with Crippen molar-refractivity contribution in [2.75, 3.05) is 0 Å². The van der Waals surface area contributed by atoms with Gasteiger partial charge in [-0.05, 0) is 45.6 Å². The second-order valence-electron chi connectivity index (χ2n) is 5.66. The van der Waals surface area contributed by atoms with Crippen LogP contribution in [0, 0.1) is 0 Å². The fourth-order valence-electron chi connectivity index (χ4n) is 2.72. The van der Waals surface area contributed by atoms with E-state index in [-0.39, 0.29) is 11.7 Å². The van der Waals surface area contributed by atoms with Crippen LogP contribution in [0.5, 0.6) is 0 Å². The van der Waals surface area contributed by atoms with Crippen LogP contribution in [-0.2, 0) is 22.4 Å². The summed E-state index contributed by atoms with van der Waals surface area (Å²) in [6.07, 6.45) is 4.32. The molecule has 0 fully saturated rings. The first kappa shape index (κ1) is 14.3. The number of aryl methyl sites for hydroxylation is 2. The van der Waals surface area contributed by atoms with E-state index in [2.05, 4.69) is 4.98 Å². The Morgan fingerprint density at radius 3 is 2.86 bits per heavy atom. The monoisotopic (exact) mass is 306 g/mol. The third-order valence-electron chi connectivity index (χ3n) is 3.76. The normalized spacial score (nSPS) is 15.4. The molecule has 6 heteroatoms. The molecule has 0 saturated heterocycles. The summed E-state index contributed by atoms with van der Waals surface area (Å²) < 4.78 is 6.57. The topological polar surface area (TPSA) is 61.2 Å². The van der Waals surface area contributed by atoms with Crippen LogP contribution in [-0.4, -0.2) is 21.6 Å². The van der Waals surface area contributed by atoms with Crippen LogP contribution in [0.1, 0.15) is 43.7 Å². The maximum Gasteiger partial charge on any atom is 0.329 e. The molecule has 2 aromatic heterocycles. The van der Waals surface area contributed by atoms with Crippen molar-refractivity contribution in [3.63, 3.8) is 0 Å². The van der Waals surface area contributed by atoms with Gasteiger partial charge in [-0.25, -0.2) is 9.78 Å². The Morgan fingerprint density at radius 2 is 2.14 bits per heavy atom. The molecular formula is C15H18N2O3S. The van der Waals surface area contributed by atoms with Gasteiger partial charge >= 0.3 is 5.97 Å². The zero-order valence-electron chi connectivity index (χ0n) is 12.4. The number of hydrogen-bond donors (Lipinski definition) is 0. The molecule has 1 atom stereocenters. The fourth-order valence-corrected chi connectivity index (χ4v) is 3.94. The second-order valence-corrected chi connectivity index (χ2v) is 6.74. The molecule has 0 spiro atoms. The summed E-state index contributed by atoms with van der Waals surface area (Å²) >= 11 is 1.60. The number of esters is 1. The average Bonchev–Trinajstić information content (AvgIpc) is 2.97. The molecular weight excluding hydrogens is 288 g/mol. The Bertz CT molecular complexity index is 760. The standard InChI is InChI=1S/C15H18N2O3S/c1-8(2)20-15(19)9(3)17-7-16-13-12(14(17)18)10-5-4-6-11(10)21-13/h7-9H,4-6H2,1-3H3. The molecule has 0 aromatic carbocycles. The van der Waals surface area contributed by atoms with Gasteiger partial charge in [0.15, 0.2) is 0 Å². The van der Waals surface area contributed by atoms with E-state index < -0.39 is 12.0 Å². The summed E-state index contributed by atoms with van der Waals surface area (Å²) in [7, 11) is 0. The third kappa shape index (κ3) is 2.37. The van der Waals surface area contributed by atoms with Gasteiger partial charge in [0, 0.05) is 4.88 Å². The van der Waals surface area contributed by atoms with E-state index in [1.807, 2.05) is 0 Å². The molecule has 5 nitrogen and oxygen atoms in total. The van der Waals surface area contributed by atoms with E-state index in [0.29, 0.717) is 5.39 Å². The van der Waals surface area contributed by atoms with Gasteiger partial charge in [0.2, 0.25) is 0 Å². The van der Waals surface area contributed by atoms with Gasteiger partial charge in [-0.1, -0.05) is 0 Å². The molecule has 0 radical (unpaired) electrons. The van der Waals surface area contributed by atoms with Crippen molar-refractivity contribution in [3.8, 4) is 0 Å². The van der Waals surface area contributed by atoms with Gasteiger partial charge < -0.3 is 4.74 Å². The minimum absolute atomic E-state index is 0.132. The molecule has 0 aliphatic heterocycles. The highest BCUT2D eigenvalue weighted by atomic mass is 32.1. The lowest BCUT2D eigenvalue weighted by molar-refractivity contribution is -0.151. The van der Waals surface area contributed by atoms with Gasteiger partial charge in [-0.3, -0.25) is 9.36 Å². The largest absolute Gasteiger partial charge is 0.461 e. The van der Waals surface area contributed by atoms with Crippen LogP contribution >= 0.6 is 11.3 Å². The molecule has 0 amide bonds. The van der Waals surface area contributed by atoms with Crippen LogP contribution < -0.4 is 5.56 Å². The zero-order chi connectivity index (χ0) is 15.1. The molecule has 1 unspecified atom stereocenters. The van der Waals surface area contributed by atoms with Crippen molar-refractivity contribution in [2.24, 2.45) is 0 Å². The average molecular weight is 306 g/mol. The van der Waals surface area contributed by atoms with Crippen molar-refractivity contribution in [1.82, 2.24) is 9.55 Å². The number of carbonyl (C=O) groups is 1. The quantitative estimate of drug-likeness (QED) is 0.817. The third-order valence-corrected chi connectivity index (χ3v) is 4.96. The van der Waals surface area contributed by atoms with Crippen LogP contribution in [0.4, 0.5) is 0 Å². The summed E-state index contributed by atoms with van der Waals surface area (Å²) in [6.45, 7) is 5.26. The number of aromatic nitrogens is 2. The maximum absolute atomic E-state index is 12.7. The van der Waals surface area contributed by atoms with Crippen molar-refractivity contribution < 1.29 is 9.53 Å². The Morgan fingerprint density at radius 1 is 1.38 bits per heavy atom. The minimum atomic E-state index is -0.659. The van der Waals surface area contributed by atoms with Crippen molar-refractivity contribution in [2.45, 2.75) is 52.2 Å². The van der Waals surface area contributed by atoms with Crippen molar-refractivity contribution in [1.29, 1.82) is 0 Å². The fraction of sp³-hybridized carbons (Fsp3) is 0.533. The number of thiophene rings is 1. The van der Waals surface area contributed by atoms with Gasteiger partial charge in [0.1, 0.15) is 10.9 Å². The first-order chi connectivity index (χ1) is 9.99. The lowest BCUT2D eigenvalue weighted by atomic mass is 10.2. The van der Waals surface area contributed by atoms with Crippen LogP contribution in [0.25, 0.3) is 10.2 Å². The van der Waals surface area contributed by atoms with Gasteiger partial charge in [-0.2, -0.15) is 0 Å². The van der Waals surface area contributed by atoms with Crippen LogP contribution in [0.2, 0.25) is 0 Å². The zero-order valence-corrected chi connectivity index (χ0v) is 13.2. The van der Waals surface area contributed by atoms with Crippen LogP contribution in [0.15, 0.2) is 11.1 Å². The maximum atomic E-state index is 12.7. The Balaban J connectivity index is 2.06. The lowest BCUT2D eigenvalue weighted by Crippen LogP contribution is -2.30. The van der Waals surface area contributed by atoms with E-state index >= 15 is 0 Å². The summed E-state index contributed by atoms with van der Waals surface area (Å²) in [5.41, 5.74) is 0.999. The molecule has 0 saturated carbocycles. The minimum Gasteiger partial charge on any atom is -0.461 e. The summed E-state index contributed by atoms with van der Waals surface area (Å²) in [5.74, 6) is -0.403. The van der Waals surface area contributed by atoms with Crippen molar-refractivity contribution >= 4 is 27.5 Å². The van der Waals surface area contributed by atoms with E-state index in [0.717, 1.165) is 29.7 Å². The summed E-state index contributed by atoms with van der Waals surface area (Å²) in [4.78, 5) is 31.1. The number of ether oxygens (including phenoxy) is 1. The first-order valence-corrected chi connectivity index (χ1v) is 8.02. The number of carbonyl (C=O) groups excluding carboxylic acids is 1. The lowest BCUT2D eigenvalue weighted by Gasteiger charge is -2.15. The Hall–Kier alpha value is -1.69. The molecule has 2 aromatic rings. The van der Waals surface area contributed by atoms with Gasteiger partial charge in [-0.15, -0.1) is 11.3 Å². The molecule has 0 bridgehead atoms.